The average molecular weight is 370 g/mol. The first-order valence-electron chi connectivity index (χ1n) is 8.61. The number of thiazole rings is 1. The molecule has 132 valence electrons. The van der Waals surface area contributed by atoms with Crippen LogP contribution in [0.2, 0.25) is 0 Å². The molecule has 27 heavy (non-hydrogen) atoms. The van der Waals surface area contributed by atoms with Crippen LogP contribution >= 0.6 is 11.3 Å². The van der Waals surface area contributed by atoms with Crippen molar-refractivity contribution in [3.05, 3.63) is 95.1 Å². The highest BCUT2D eigenvalue weighted by Crippen LogP contribution is 2.22. The van der Waals surface area contributed by atoms with Crippen LogP contribution in [0.1, 0.15) is 0 Å². The molecule has 0 unspecified atom stereocenters. The van der Waals surface area contributed by atoms with Crippen LogP contribution in [0.5, 0.6) is 0 Å². The van der Waals surface area contributed by atoms with Crippen LogP contribution in [0, 0.1) is 0 Å². The van der Waals surface area contributed by atoms with Crippen molar-refractivity contribution >= 4 is 28.4 Å². The first-order chi connectivity index (χ1) is 13.3. The molecular formula is C22H18N4S. The van der Waals surface area contributed by atoms with Gasteiger partial charge in [-0.3, -0.25) is 0 Å². The molecule has 4 nitrogen and oxygen atoms in total. The molecule has 0 spiro atoms. The van der Waals surface area contributed by atoms with Gasteiger partial charge in [-0.1, -0.05) is 48.5 Å². The van der Waals surface area contributed by atoms with Crippen LogP contribution in [0.3, 0.4) is 0 Å². The number of hydrogen-bond donors (Lipinski definition) is 0. The van der Waals surface area contributed by atoms with E-state index in [9.17, 15) is 0 Å². The van der Waals surface area contributed by atoms with Gasteiger partial charge in [0.25, 0.3) is 0 Å². The van der Waals surface area contributed by atoms with Gasteiger partial charge >= 0.3 is 0 Å². The van der Waals surface area contributed by atoms with Crippen molar-refractivity contribution in [3.63, 3.8) is 0 Å². The Balaban J connectivity index is 1.57. The normalized spacial score (nSPS) is 12.0. The molecular weight excluding hydrogens is 352 g/mol. The summed E-state index contributed by atoms with van der Waals surface area (Å²) in [5.74, 6) is 0. The number of aromatic nitrogens is 1. The van der Waals surface area contributed by atoms with Crippen LogP contribution < -0.4 is 4.80 Å². The van der Waals surface area contributed by atoms with Gasteiger partial charge in [0, 0.05) is 12.4 Å². The number of nitrogens with zero attached hydrogens (tertiary/aromatic N) is 4. The zero-order chi connectivity index (χ0) is 18.5. The predicted molar refractivity (Wildman–Crippen MR) is 111 cm³/mol. The fraction of sp³-hybridized carbons (Fsp3) is 0.0455. The Kier molecular flexibility index (Phi) is 5.03. The van der Waals surface area contributed by atoms with Gasteiger partial charge < -0.3 is 4.57 Å². The van der Waals surface area contributed by atoms with E-state index in [0.717, 1.165) is 27.6 Å². The maximum absolute atomic E-state index is 4.76. The van der Waals surface area contributed by atoms with Crippen molar-refractivity contribution in [1.29, 1.82) is 0 Å². The zero-order valence-electron chi connectivity index (χ0n) is 14.9. The molecule has 3 aromatic carbocycles. The second-order valence-corrected chi connectivity index (χ2v) is 6.83. The fourth-order valence-electron chi connectivity index (χ4n) is 2.66. The first-order valence-corrected chi connectivity index (χ1v) is 9.49. The summed E-state index contributed by atoms with van der Waals surface area (Å²) in [5.41, 5.74) is 4.89. The van der Waals surface area contributed by atoms with Crippen molar-refractivity contribution in [2.24, 2.45) is 22.3 Å². The van der Waals surface area contributed by atoms with Gasteiger partial charge in [-0.05, 0) is 42.0 Å². The van der Waals surface area contributed by atoms with E-state index in [1.807, 2.05) is 79.8 Å². The van der Waals surface area contributed by atoms with Gasteiger partial charge in [0.05, 0.1) is 22.8 Å². The van der Waals surface area contributed by atoms with E-state index in [1.54, 1.807) is 11.3 Å². The minimum absolute atomic E-state index is 0.804. The second kappa shape index (κ2) is 7.93. The van der Waals surface area contributed by atoms with Gasteiger partial charge in [-0.15, -0.1) is 11.3 Å². The molecule has 0 N–H and O–H groups in total. The van der Waals surface area contributed by atoms with E-state index >= 15 is 0 Å². The molecule has 1 heterocycles. The number of rotatable bonds is 4. The Morgan fingerprint density at radius 2 is 1.22 bits per heavy atom. The summed E-state index contributed by atoms with van der Waals surface area (Å²) in [5, 5.41) is 10.6. The molecule has 1 aromatic heterocycles. The maximum atomic E-state index is 4.76. The molecule has 0 saturated heterocycles. The standard InChI is InChI=1S/C22H18N4S/c1-26-21(17-8-4-2-5-9-17)16-27-22(26)23-18-12-14-20(15-13-18)25-24-19-10-6-3-7-11-19/h2-16H,1H3. The molecule has 0 aliphatic heterocycles. The highest BCUT2D eigenvalue weighted by molar-refractivity contribution is 7.07. The monoisotopic (exact) mass is 370 g/mol. The van der Waals surface area contributed by atoms with Crippen LogP contribution in [0.25, 0.3) is 11.3 Å². The SMILES string of the molecule is Cn1c(-c2ccccc2)csc1=Nc1ccc(N=Nc2ccccc2)cc1. The van der Waals surface area contributed by atoms with E-state index in [-0.39, 0.29) is 0 Å². The molecule has 0 bridgehead atoms. The van der Waals surface area contributed by atoms with E-state index in [0.29, 0.717) is 0 Å². The molecule has 0 aliphatic carbocycles. The van der Waals surface area contributed by atoms with Crippen LogP contribution in [0.15, 0.2) is 106 Å². The Hall–Kier alpha value is -3.31. The third-order valence-electron chi connectivity index (χ3n) is 4.11. The Bertz CT molecular complexity index is 1110. The highest BCUT2D eigenvalue weighted by atomic mass is 32.1. The molecule has 0 atom stereocenters. The molecule has 0 radical (unpaired) electrons. The van der Waals surface area contributed by atoms with Gasteiger partial charge in [-0.2, -0.15) is 10.2 Å². The lowest BCUT2D eigenvalue weighted by molar-refractivity contribution is 0.883. The maximum Gasteiger partial charge on any atom is 0.190 e. The van der Waals surface area contributed by atoms with Gasteiger partial charge in [0.2, 0.25) is 0 Å². The number of benzene rings is 3. The van der Waals surface area contributed by atoms with Gasteiger partial charge in [0.15, 0.2) is 4.80 Å². The summed E-state index contributed by atoms with van der Waals surface area (Å²) in [6.07, 6.45) is 0. The molecule has 0 fully saturated rings. The third-order valence-corrected chi connectivity index (χ3v) is 5.02. The van der Waals surface area contributed by atoms with E-state index in [2.05, 4.69) is 32.3 Å². The summed E-state index contributed by atoms with van der Waals surface area (Å²) < 4.78 is 2.11. The third kappa shape index (κ3) is 4.10. The Morgan fingerprint density at radius 1 is 0.667 bits per heavy atom. The quantitative estimate of drug-likeness (QED) is 0.373. The molecule has 4 rings (SSSR count). The van der Waals surface area contributed by atoms with E-state index in [1.165, 1.54) is 5.56 Å². The summed E-state index contributed by atoms with van der Waals surface area (Å²) in [6.45, 7) is 0. The zero-order valence-corrected chi connectivity index (χ0v) is 15.7. The highest BCUT2D eigenvalue weighted by Gasteiger charge is 2.04. The minimum atomic E-state index is 0.804. The van der Waals surface area contributed by atoms with E-state index < -0.39 is 0 Å². The fourth-order valence-corrected chi connectivity index (χ4v) is 3.58. The first kappa shape index (κ1) is 17.1. The summed E-state index contributed by atoms with van der Waals surface area (Å²) >= 11 is 1.63. The Labute approximate surface area is 161 Å². The number of azo groups is 1. The van der Waals surface area contributed by atoms with Crippen LogP contribution in [0.4, 0.5) is 17.1 Å². The summed E-state index contributed by atoms with van der Waals surface area (Å²) in [7, 11) is 2.04. The second-order valence-electron chi connectivity index (χ2n) is 5.99. The lowest BCUT2D eigenvalue weighted by atomic mass is 10.2. The van der Waals surface area contributed by atoms with Crippen molar-refractivity contribution in [1.82, 2.24) is 4.57 Å². The largest absolute Gasteiger partial charge is 0.320 e. The summed E-state index contributed by atoms with van der Waals surface area (Å²) in [4.78, 5) is 5.71. The average Bonchev–Trinajstić information content (AvgIpc) is 3.09. The van der Waals surface area contributed by atoms with Crippen LogP contribution in [-0.4, -0.2) is 4.57 Å². The van der Waals surface area contributed by atoms with E-state index in [4.69, 9.17) is 4.99 Å². The molecule has 0 aliphatic rings. The van der Waals surface area contributed by atoms with Crippen molar-refractivity contribution in [2.45, 2.75) is 0 Å². The lowest BCUT2D eigenvalue weighted by Gasteiger charge is -2.02. The molecule has 0 saturated carbocycles. The van der Waals surface area contributed by atoms with Crippen molar-refractivity contribution < 1.29 is 0 Å². The van der Waals surface area contributed by atoms with Crippen molar-refractivity contribution in [3.8, 4) is 11.3 Å². The van der Waals surface area contributed by atoms with Crippen LogP contribution in [-0.2, 0) is 7.05 Å². The topological polar surface area (TPSA) is 42.0 Å². The predicted octanol–water partition coefficient (Wildman–Crippen LogP) is 6.40. The van der Waals surface area contributed by atoms with Gasteiger partial charge in [-0.25, -0.2) is 4.99 Å². The smallest absolute Gasteiger partial charge is 0.190 e. The number of hydrogen-bond acceptors (Lipinski definition) is 4. The molecule has 4 aromatic rings. The summed E-state index contributed by atoms with van der Waals surface area (Å²) in [6, 6.07) is 27.8. The van der Waals surface area contributed by atoms with Gasteiger partial charge in [0.1, 0.15) is 0 Å². The molecule has 0 amide bonds. The lowest BCUT2D eigenvalue weighted by Crippen LogP contribution is -2.10. The van der Waals surface area contributed by atoms with Crippen molar-refractivity contribution in [2.75, 3.05) is 0 Å². The molecule has 5 heteroatoms. The Morgan fingerprint density at radius 3 is 1.89 bits per heavy atom. The minimum Gasteiger partial charge on any atom is -0.320 e.